The number of ether oxygens (including phenoxy) is 1. The molecule has 0 fully saturated rings. The van der Waals surface area contributed by atoms with E-state index in [1.165, 1.54) is 0 Å². The highest BCUT2D eigenvalue weighted by atomic mass is 32.2. The highest BCUT2D eigenvalue weighted by molar-refractivity contribution is 7.96. The monoisotopic (exact) mass is 206 g/mol. The lowest BCUT2D eigenvalue weighted by atomic mass is 10.5. The van der Waals surface area contributed by atoms with Crippen LogP contribution in [0.15, 0.2) is 0 Å². The van der Waals surface area contributed by atoms with E-state index in [1.807, 2.05) is 11.9 Å². The number of likely N-dealkylation sites (N-methyl/N-ethyl adjacent to an activating group) is 2. The van der Waals surface area contributed by atoms with Crippen molar-refractivity contribution in [2.24, 2.45) is 0 Å². The Balaban J connectivity index is 3.38. The van der Waals surface area contributed by atoms with Gasteiger partial charge >= 0.3 is 0 Å². The lowest BCUT2D eigenvalue weighted by molar-refractivity contribution is 0.159. The number of methoxy groups -OCH3 is 1. The van der Waals surface area contributed by atoms with Crippen molar-refractivity contribution in [1.82, 2.24) is 9.21 Å². The number of hydrogen-bond donors (Lipinski definition) is 0. The SMILES string of the molecule is CCN(CCN(C)CCOC)SC. The van der Waals surface area contributed by atoms with E-state index in [9.17, 15) is 0 Å². The summed E-state index contributed by atoms with van der Waals surface area (Å²) in [7, 11) is 3.88. The van der Waals surface area contributed by atoms with Gasteiger partial charge in [0.1, 0.15) is 0 Å². The Kier molecular flexibility index (Phi) is 8.97. The van der Waals surface area contributed by atoms with Gasteiger partial charge in [-0.2, -0.15) is 0 Å². The summed E-state index contributed by atoms with van der Waals surface area (Å²) in [6, 6.07) is 0. The zero-order valence-corrected chi connectivity index (χ0v) is 10.1. The van der Waals surface area contributed by atoms with Crippen molar-refractivity contribution in [2.45, 2.75) is 6.92 Å². The zero-order valence-electron chi connectivity index (χ0n) is 9.25. The average Bonchev–Trinajstić information content (AvgIpc) is 2.16. The van der Waals surface area contributed by atoms with Crippen LogP contribution < -0.4 is 0 Å². The van der Waals surface area contributed by atoms with E-state index in [-0.39, 0.29) is 0 Å². The molecule has 0 aliphatic heterocycles. The van der Waals surface area contributed by atoms with Crippen LogP contribution in [0.3, 0.4) is 0 Å². The van der Waals surface area contributed by atoms with Crippen molar-refractivity contribution in [3.8, 4) is 0 Å². The highest BCUT2D eigenvalue weighted by Gasteiger charge is 2.02. The zero-order chi connectivity index (χ0) is 10.1. The standard InChI is InChI=1S/C9H22N2OS/c1-5-11(13-4)7-6-10(2)8-9-12-3/h5-9H2,1-4H3. The van der Waals surface area contributed by atoms with Gasteiger partial charge in [-0.25, -0.2) is 4.31 Å². The minimum Gasteiger partial charge on any atom is -0.383 e. The quantitative estimate of drug-likeness (QED) is 0.554. The molecule has 0 aromatic heterocycles. The lowest BCUT2D eigenvalue weighted by Gasteiger charge is -2.21. The van der Waals surface area contributed by atoms with Crippen LogP contribution >= 0.6 is 11.9 Å². The molecule has 3 nitrogen and oxygen atoms in total. The Hall–Kier alpha value is 0.230. The van der Waals surface area contributed by atoms with Gasteiger partial charge in [-0.05, 0) is 13.3 Å². The van der Waals surface area contributed by atoms with Crippen LogP contribution in [-0.4, -0.2) is 62.4 Å². The largest absolute Gasteiger partial charge is 0.383 e. The summed E-state index contributed by atoms with van der Waals surface area (Å²) < 4.78 is 7.36. The molecule has 0 spiro atoms. The first kappa shape index (κ1) is 13.2. The Labute approximate surface area is 86.6 Å². The van der Waals surface area contributed by atoms with Gasteiger partial charge < -0.3 is 9.64 Å². The maximum Gasteiger partial charge on any atom is 0.0589 e. The molecular weight excluding hydrogens is 184 g/mol. The molecule has 0 saturated heterocycles. The Morgan fingerprint density at radius 3 is 2.38 bits per heavy atom. The van der Waals surface area contributed by atoms with Gasteiger partial charge in [0.05, 0.1) is 6.61 Å². The van der Waals surface area contributed by atoms with Gasteiger partial charge in [-0.3, -0.25) is 0 Å². The first-order valence-corrected chi connectivity index (χ1v) is 5.89. The molecule has 0 unspecified atom stereocenters. The normalized spacial score (nSPS) is 11.5. The van der Waals surface area contributed by atoms with Crippen LogP contribution in [0.1, 0.15) is 6.92 Å². The van der Waals surface area contributed by atoms with E-state index in [1.54, 1.807) is 7.11 Å². The first-order valence-electron chi connectivity index (χ1n) is 4.71. The molecule has 0 atom stereocenters. The minimum atomic E-state index is 0.821. The molecule has 0 aliphatic carbocycles. The third-order valence-electron chi connectivity index (χ3n) is 2.02. The molecule has 0 amide bonds. The van der Waals surface area contributed by atoms with E-state index in [4.69, 9.17) is 4.74 Å². The topological polar surface area (TPSA) is 15.7 Å². The number of hydrogen-bond acceptors (Lipinski definition) is 4. The van der Waals surface area contributed by atoms with Crippen LogP contribution in [-0.2, 0) is 4.74 Å². The second kappa shape index (κ2) is 8.81. The minimum absolute atomic E-state index is 0.821. The van der Waals surface area contributed by atoms with Crippen molar-refractivity contribution >= 4 is 11.9 Å². The fraction of sp³-hybridized carbons (Fsp3) is 1.00. The summed E-state index contributed by atoms with van der Waals surface area (Å²) in [4.78, 5) is 2.29. The third-order valence-corrected chi connectivity index (χ3v) is 2.98. The maximum absolute atomic E-state index is 5.01. The number of nitrogens with zero attached hydrogens (tertiary/aromatic N) is 2. The predicted molar refractivity (Wildman–Crippen MR) is 60.1 cm³/mol. The van der Waals surface area contributed by atoms with Crippen LogP contribution in [0.5, 0.6) is 0 Å². The van der Waals surface area contributed by atoms with Crippen molar-refractivity contribution in [1.29, 1.82) is 0 Å². The van der Waals surface area contributed by atoms with Gasteiger partial charge in [0, 0.05) is 33.3 Å². The van der Waals surface area contributed by atoms with Crippen molar-refractivity contribution in [3.63, 3.8) is 0 Å². The van der Waals surface area contributed by atoms with Gasteiger partial charge in [0.25, 0.3) is 0 Å². The summed E-state index contributed by atoms with van der Waals surface area (Å²) in [5.74, 6) is 0. The smallest absolute Gasteiger partial charge is 0.0589 e. The maximum atomic E-state index is 5.01. The van der Waals surface area contributed by atoms with E-state index in [0.717, 1.165) is 32.8 Å². The third kappa shape index (κ3) is 7.31. The lowest BCUT2D eigenvalue weighted by Crippen LogP contribution is -2.31. The second-order valence-corrected chi connectivity index (χ2v) is 3.88. The van der Waals surface area contributed by atoms with Crippen LogP contribution in [0.2, 0.25) is 0 Å². The summed E-state index contributed by atoms with van der Waals surface area (Å²) in [6.45, 7) is 7.37. The van der Waals surface area contributed by atoms with Crippen molar-refractivity contribution in [3.05, 3.63) is 0 Å². The Morgan fingerprint density at radius 2 is 1.92 bits per heavy atom. The average molecular weight is 206 g/mol. The van der Waals surface area contributed by atoms with Gasteiger partial charge in [0.2, 0.25) is 0 Å². The molecule has 4 heteroatoms. The molecule has 80 valence electrons. The van der Waals surface area contributed by atoms with Gasteiger partial charge in [0.15, 0.2) is 0 Å². The van der Waals surface area contributed by atoms with Crippen LogP contribution in [0.4, 0.5) is 0 Å². The molecule has 13 heavy (non-hydrogen) atoms. The second-order valence-electron chi connectivity index (χ2n) is 3.00. The molecule has 0 heterocycles. The molecule has 0 rings (SSSR count). The van der Waals surface area contributed by atoms with Gasteiger partial charge in [-0.1, -0.05) is 18.9 Å². The van der Waals surface area contributed by atoms with E-state index >= 15 is 0 Å². The molecule has 0 saturated carbocycles. The van der Waals surface area contributed by atoms with Crippen molar-refractivity contribution < 1.29 is 4.74 Å². The molecule has 0 N–H and O–H groups in total. The van der Waals surface area contributed by atoms with Crippen LogP contribution in [0.25, 0.3) is 0 Å². The fourth-order valence-corrected chi connectivity index (χ4v) is 1.54. The first-order chi connectivity index (χ1) is 6.24. The molecular formula is C9H22N2OS. The van der Waals surface area contributed by atoms with Gasteiger partial charge in [-0.15, -0.1) is 0 Å². The van der Waals surface area contributed by atoms with E-state index in [0.29, 0.717) is 0 Å². The molecule has 0 aliphatic rings. The van der Waals surface area contributed by atoms with Crippen molar-refractivity contribution in [2.75, 3.05) is 53.2 Å². The van der Waals surface area contributed by atoms with E-state index < -0.39 is 0 Å². The summed E-state index contributed by atoms with van der Waals surface area (Å²) in [6.07, 6.45) is 2.12. The molecule has 0 aromatic carbocycles. The Bertz CT molecular complexity index is 110. The highest BCUT2D eigenvalue weighted by Crippen LogP contribution is 2.02. The number of rotatable bonds is 8. The predicted octanol–water partition coefficient (Wildman–Crippen LogP) is 1.16. The summed E-state index contributed by atoms with van der Waals surface area (Å²) in [5, 5.41) is 0. The summed E-state index contributed by atoms with van der Waals surface area (Å²) >= 11 is 1.81. The molecule has 0 radical (unpaired) electrons. The molecule has 0 aromatic rings. The Morgan fingerprint density at radius 1 is 1.23 bits per heavy atom. The fourth-order valence-electron chi connectivity index (χ4n) is 1.02. The van der Waals surface area contributed by atoms with Crippen LogP contribution in [0, 0.1) is 0 Å². The summed E-state index contributed by atoms with van der Waals surface area (Å²) in [5.41, 5.74) is 0. The van der Waals surface area contributed by atoms with E-state index in [2.05, 4.69) is 29.4 Å². The molecule has 0 bridgehead atoms.